The summed E-state index contributed by atoms with van der Waals surface area (Å²) in [4.78, 5) is 0. The topological polar surface area (TPSA) is 0 Å². The molecule has 23 heavy (non-hydrogen) atoms. The zero-order valence-electron chi connectivity index (χ0n) is 13.0. The molecule has 0 spiro atoms. The van der Waals surface area contributed by atoms with Gasteiger partial charge in [-0.25, -0.2) is 0 Å². The van der Waals surface area contributed by atoms with Gasteiger partial charge in [0, 0.05) is 0 Å². The summed E-state index contributed by atoms with van der Waals surface area (Å²) in [5.41, 5.74) is 1.34. The maximum Gasteiger partial charge on any atom is -0.00759 e. The molecule has 0 bridgehead atoms. The summed E-state index contributed by atoms with van der Waals surface area (Å²) in [6, 6.07) is 28.8. The highest BCUT2D eigenvalue weighted by molar-refractivity contribution is 6.18. The first kappa shape index (κ1) is 12.7. The molecular formula is C23H16. The summed E-state index contributed by atoms with van der Waals surface area (Å²) >= 11 is 0. The Morgan fingerprint density at radius 3 is 2.09 bits per heavy atom. The molecule has 0 saturated heterocycles. The lowest BCUT2D eigenvalue weighted by Crippen LogP contribution is -1.84. The molecule has 0 heterocycles. The Balaban J connectivity index is 2.06. The van der Waals surface area contributed by atoms with Crippen LogP contribution in [0.25, 0.3) is 43.1 Å². The van der Waals surface area contributed by atoms with E-state index in [-0.39, 0.29) is 0 Å². The lowest BCUT2D eigenvalue weighted by molar-refractivity contribution is 1.54. The number of benzene rings is 5. The monoisotopic (exact) mass is 292 g/mol. The van der Waals surface area contributed by atoms with Crippen molar-refractivity contribution in [2.75, 3.05) is 0 Å². The van der Waals surface area contributed by atoms with Crippen LogP contribution in [-0.4, -0.2) is 0 Å². The molecule has 0 unspecified atom stereocenters. The lowest BCUT2D eigenvalue weighted by Gasteiger charge is -2.10. The van der Waals surface area contributed by atoms with Crippen molar-refractivity contribution >= 4 is 43.1 Å². The van der Waals surface area contributed by atoms with Gasteiger partial charge in [0.2, 0.25) is 0 Å². The maximum atomic E-state index is 2.38. The highest BCUT2D eigenvalue weighted by atomic mass is 14.1. The van der Waals surface area contributed by atoms with Gasteiger partial charge >= 0.3 is 0 Å². The van der Waals surface area contributed by atoms with Crippen LogP contribution in [-0.2, 0) is 0 Å². The van der Waals surface area contributed by atoms with E-state index < -0.39 is 0 Å². The number of hydrogen-bond acceptors (Lipinski definition) is 0. The first-order valence-corrected chi connectivity index (χ1v) is 8.05. The fraction of sp³-hybridized carbons (Fsp3) is 0.0435. The molecule has 0 aliphatic carbocycles. The van der Waals surface area contributed by atoms with Crippen molar-refractivity contribution in [1.82, 2.24) is 0 Å². The zero-order chi connectivity index (χ0) is 15.4. The Morgan fingerprint density at radius 2 is 1.17 bits per heavy atom. The predicted molar refractivity (Wildman–Crippen MR) is 101 cm³/mol. The smallest absolute Gasteiger partial charge is 0.00759 e. The second-order valence-corrected chi connectivity index (χ2v) is 6.32. The fourth-order valence-corrected chi connectivity index (χ4v) is 3.80. The molecule has 0 aromatic heterocycles. The first-order chi connectivity index (χ1) is 11.3. The molecule has 0 N–H and O–H groups in total. The van der Waals surface area contributed by atoms with Crippen LogP contribution in [0.5, 0.6) is 0 Å². The van der Waals surface area contributed by atoms with Crippen LogP contribution < -0.4 is 0 Å². The van der Waals surface area contributed by atoms with Gasteiger partial charge in [0.25, 0.3) is 0 Å². The van der Waals surface area contributed by atoms with E-state index in [0.717, 1.165) is 0 Å². The number of hydrogen-bond donors (Lipinski definition) is 0. The molecule has 0 nitrogen and oxygen atoms in total. The van der Waals surface area contributed by atoms with Crippen LogP contribution in [0.4, 0.5) is 0 Å². The predicted octanol–water partition coefficient (Wildman–Crippen LogP) is 6.61. The van der Waals surface area contributed by atoms with Gasteiger partial charge in [0.1, 0.15) is 0 Å². The average molecular weight is 292 g/mol. The maximum absolute atomic E-state index is 2.38. The van der Waals surface area contributed by atoms with Gasteiger partial charge in [0.15, 0.2) is 0 Å². The molecule has 0 atom stereocenters. The van der Waals surface area contributed by atoms with Gasteiger partial charge in [-0.3, -0.25) is 0 Å². The van der Waals surface area contributed by atoms with E-state index >= 15 is 0 Å². The summed E-state index contributed by atoms with van der Waals surface area (Å²) in [6.07, 6.45) is 0. The van der Waals surface area contributed by atoms with E-state index in [1.807, 2.05) is 0 Å². The van der Waals surface area contributed by atoms with Crippen LogP contribution in [0.1, 0.15) is 5.56 Å². The molecule has 5 aromatic rings. The molecule has 0 aliphatic rings. The molecule has 5 rings (SSSR count). The van der Waals surface area contributed by atoms with Crippen LogP contribution >= 0.6 is 0 Å². The Bertz CT molecular complexity index is 1210. The van der Waals surface area contributed by atoms with Gasteiger partial charge in [-0.1, -0.05) is 66.7 Å². The molecule has 0 saturated carbocycles. The Hall–Kier alpha value is -2.86. The van der Waals surface area contributed by atoms with E-state index in [0.29, 0.717) is 0 Å². The standard InChI is InChI=1S/C23H16/c1-15-5-4-7-17-10-12-19-13-18-11-9-16-6-2-3-8-20(16)21(18)14-22(19)23(15)17/h2-14H,1H3. The normalized spacial score (nSPS) is 11.7. The van der Waals surface area contributed by atoms with Crippen molar-refractivity contribution in [3.05, 3.63) is 84.4 Å². The van der Waals surface area contributed by atoms with Gasteiger partial charge in [0.05, 0.1) is 0 Å². The average Bonchev–Trinajstić information content (AvgIpc) is 2.60. The molecule has 0 fully saturated rings. The van der Waals surface area contributed by atoms with Crippen molar-refractivity contribution in [1.29, 1.82) is 0 Å². The Kier molecular flexibility index (Phi) is 2.51. The van der Waals surface area contributed by atoms with E-state index in [1.165, 1.54) is 48.7 Å². The van der Waals surface area contributed by atoms with Gasteiger partial charge < -0.3 is 0 Å². The van der Waals surface area contributed by atoms with E-state index in [4.69, 9.17) is 0 Å². The van der Waals surface area contributed by atoms with E-state index in [2.05, 4.69) is 85.8 Å². The van der Waals surface area contributed by atoms with E-state index in [9.17, 15) is 0 Å². The number of rotatable bonds is 0. The summed E-state index contributed by atoms with van der Waals surface area (Å²) in [5.74, 6) is 0. The van der Waals surface area contributed by atoms with Crippen molar-refractivity contribution in [2.24, 2.45) is 0 Å². The molecule has 0 radical (unpaired) electrons. The van der Waals surface area contributed by atoms with Gasteiger partial charge in [-0.15, -0.1) is 0 Å². The Morgan fingerprint density at radius 1 is 0.478 bits per heavy atom. The summed E-state index contributed by atoms with van der Waals surface area (Å²) in [7, 11) is 0. The van der Waals surface area contributed by atoms with Gasteiger partial charge in [-0.2, -0.15) is 0 Å². The molecule has 108 valence electrons. The number of fused-ring (bicyclic) bond motifs is 6. The summed E-state index contributed by atoms with van der Waals surface area (Å²) < 4.78 is 0. The molecule has 0 amide bonds. The van der Waals surface area contributed by atoms with Crippen molar-refractivity contribution in [2.45, 2.75) is 6.92 Å². The van der Waals surface area contributed by atoms with Crippen molar-refractivity contribution < 1.29 is 0 Å². The molecule has 0 aliphatic heterocycles. The minimum atomic E-state index is 1.30. The van der Waals surface area contributed by atoms with Crippen LogP contribution in [0, 0.1) is 6.92 Å². The second kappa shape index (κ2) is 4.57. The van der Waals surface area contributed by atoms with Crippen molar-refractivity contribution in [3.63, 3.8) is 0 Å². The SMILES string of the molecule is Cc1cccc2ccc3cc4ccc5ccccc5c4cc3c12. The van der Waals surface area contributed by atoms with Crippen LogP contribution in [0.2, 0.25) is 0 Å². The molecule has 0 heteroatoms. The largest absolute Gasteiger partial charge is 0.0616 e. The molecular weight excluding hydrogens is 276 g/mol. The zero-order valence-corrected chi connectivity index (χ0v) is 13.0. The Labute approximate surface area is 135 Å². The minimum Gasteiger partial charge on any atom is -0.0616 e. The highest BCUT2D eigenvalue weighted by Gasteiger charge is 2.07. The third kappa shape index (κ3) is 1.78. The van der Waals surface area contributed by atoms with E-state index in [1.54, 1.807) is 0 Å². The quantitative estimate of drug-likeness (QED) is 0.222. The van der Waals surface area contributed by atoms with Crippen molar-refractivity contribution in [3.8, 4) is 0 Å². The summed E-state index contributed by atoms with van der Waals surface area (Å²) in [5, 5.41) is 10.6. The first-order valence-electron chi connectivity index (χ1n) is 8.05. The third-order valence-electron chi connectivity index (χ3n) is 4.93. The highest BCUT2D eigenvalue weighted by Crippen LogP contribution is 2.34. The van der Waals surface area contributed by atoms with Crippen LogP contribution in [0.3, 0.4) is 0 Å². The van der Waals surface area contributed by atoms with Crippen LogP contribution in [0.15, 0.2) is 78.9 Å². The third-order valence-corrected chi connectivity index (χ3v) is 4.93. The van der Waals surface area contributed by atoms with Gasteiger partial charge in [-0.05, 0) is 67.7 Å². The molecule has 5 aromatic carbocycles. The minimum absolute atomic E-state index is 1.30. The fourth-order valence-electron chi connectivity index (χ4n) is 3.80. The lowest BCUT2D eigenvalue weighted by atomic mass is 9.94. The summed E-state index contributed by atoms with van der Waals surface area (Å²) in [6.45, 7) is 2.20. The number of aryl methyl sites for hydroxylation is 1. The second-order valence-electron chi connectivity index (χ2n) is 6.32.